The van der Waals surface area contributed by atoms with Crippen LogP contribution in [0.2, 0.25) is 0 Å². The molecule has 182 valence electrons. The fraction of sp³-hybridized carbons (Fsp3) is 0.393. The second-order valence-corrected chi connectivity index (χ2v) is 10.5. The monoisotopic (exact) mass is 473 g/mol. The highest BCUT2D eigenvalue weighted by atomic mass is 16.6. The van der Waals surface area contributed by atoms with Crippen LogP contribution in [-0.4, -0.2) is 46.4 Å². The zero-order valence-electron chi connectivity index (χ0n) is 20.5. The lowest BCUT2D eigenvalue weighted by molar-refractivity contribution is 0.0546. The second kappa shape index (κ2) is 8.96. The van der Waals surface area contributed by atoms with Crippen LogP contribution < -0.4 is 5.32 Å². The summed E-state index contributed by atoms with van der Waals surface area (Å²) in [6.07, 6.45) is 3.98. The third-order valence-corrected chi connectivity index (χ3v) is 6.62. The Morgan fingerprint density at radius 2 is 1.86 bits per heavy atom. The molecule has 0 spiro atoms. The average molecular weight is 474 g/mol. The summed E-state index contributed by atoms with van der Waals surface area (Å²) in [7, 11) is 0. The van der Waals surface area contributed by atoms with Crippen LogP contribution in [0.15, 0.2) is 36.4 Å². The average Bonchev–Trinajstić information content (AvgIpc) is 3.38. The van der Waals surface area contributed by atoms with E-state index in [0.717, 1.165) is 36.9 Å². The zero-order chi connectivity index (χ0) is 24.7. The molecule has 2 aliphatic heterocycles. The minimum Gasteiger partial charge on any atom is -0.443 e. The Morgan fingerprint density at radius 1 is 1.09 bits per heavy atom. The maximum absolute atomic E-state index is 13.4. The number of fused-ring (bicyclic) bond motifs is 2. The molecule has 35 heavy (non-hydrogen) atoms. The number of carbonyl (C=O) groups is 3. The Labute approximate surface area is 205 Å². The topological polar surface area (TPSA) is 80.6 Å². The van der Waals surface area contributed by atoms with Crippen molar-refractivity contribution in [1.82, 2.24) is 14.8 Å². The summed E-state index contributed by atoms with van der Waals surface area (Å²) in [4.78, 5) is 40.3. The van der Waals surface area contributed by atoms with Crippen LogP contribution in [0.5, 0.6) is 0 Å². The Bertz CT molecular complexity index is 1330. The first-order valence-corrected chi connectivity index (χ1v) is 12.2. The molecule has 0 bridgehead atoms. The number of aromatic nitrogens is 1. The number of hydrogen-bond donors (Lipinski definition) is 1. The van der Waals surface area contributed by atoms with E-state index in [1.165, 1.54) is 29.4 Å². The minimum absolute atomic E-state index is 0.209. The van der Waals surface area contributed by atoms with Crippen LogP contribution in [-0.2, 0) is 17.8 Å². The smallest absolute Gasteiger partial charge is 0.419 e. The van der Waals surface area contributed by atoms with E-state index < -0.39 is 11.7 Å². The Hall–Kier alpha value is -3.45. The molecule has 1 N–H and O–H groups in total. The number of piperidine rings is 1. The first-order valence-electron chi connectivity index (χ1n) is 12.2. The standard InChI is InChI=1S/C28H31N3O4/c1-28(2,3)35-27(34)31-23-8-7-18(16-30-9-5-4-6-10-30)11-20(23)14-24(31)22-13-19(17-32)12-21-15-29-26(33)25(21)22/h7-8,11-14,17H,4-6,9-10,15-16H2,1-3H3,(H,29,33). The largest absolute Gasteiger partial charge is 0.443 e. The molecular weight excluding hydrogens is 442 g/mol. The lowest BCUT2D eigenvalue weighted by Crippen LogP contribution is -2.29. The first kappa shape index (κ1) is 23.3. The van der Waals surface area contributed by atoms with E-state index in [2.05, 4.69) is 22.3 Å². The molecule has 1 fully saturated rings. The Balaban J connectivity index is 1.67. The van der Waals surface area contributed by atoms with Crippen molar-refractivity contribution in [2.24, 2.45) is 0 Å². The molecule has 1 amide bonds. The minimum atomic E-state index is -0.691. The van der Waals surface area contributed by atoms with Gasteiger partial charge in [-0.25, -0.2) is 9.36 Å². The van der Waals surface area contributed by atoms with Crippen molar-refractivity contribution in [1.29, 1.82) is 0 Å². The molecule has 0 atom stereocenters. The van der Waals surface area contributed by atoms with Crippen LogP contribution >= 0.6 is 0 Å². The van der Waals surface area contributed by atoms with Gasteiger partial charge in [0, 0.05) is 29.6 Å². The highest BCUT2D eigenvalue weighted by molar-refractivity contribution is 6.07. The van der Waals surface area contributed by atoms with Gasteiger partial charge in [0.2, 0.25) is 0 Å². The molecule has 7 nitrogen and oxygen atoms in total. The van der Waals surface area contributed by atoms with Gasteiger partial charge in [0.25, 0.3) is 5.91 Å². The fourth-order valence-corrected chi connectivity index (χ4v) is 5.11. The number of hydrogen-bond acceptors (Lipinski definition) is 5. The lowest BCUT2D eigenvalue weighted by atomic mass is 9.97. The highest BCUT2D eigenvalue weighted by Crippen LogP contribution is 2.35. The number of nitrogens with zero attached hydrogens (tertiary/aromatic N) is 2. The van der Waals surface area contributed by atoms with Gasteiger partial charge >= 0.3 is 6.09 Å². The summed E-state index contributed by atoms with van der Waals surface area (Å²) in [6, 6.07) is 11.4. The molecule has 1 saturated heterocycles. The summed E-state index contributed by atoms with van der Waals surface area (Å²) in [5.74, 6) is -0.209. The molecule has 0 unspecified atom stereocenters. The molecule has 7 heteroatoms. The van der Waals surface area contributed by atoms with Crippen molar-refractivity contribution in [3.05, 3.63) is 58.7 Å². The van der Waals surface area contributed by atoms with Gasteiger partial charge in [-0.15, -0.1) is 0 Å². The van der Waals surface area contributed by atoms with E-state index in [1.54, 1.807) is 12.1 Å². The number of likely N-dealkylation sites (tertiary alicyclic amines) is 1. The highest BCUT2D eigenvalue weighted by Gasteiger charge is 2.29. The van der Waals surface area contributed by atoms with Crippen molar-refractivity contribution in [2.75, 3.05) is 13.1 Å². The van der Waals surface area contributed by atoms with Gasteiger partial charge < -0.3 is 10.1 Å². The van der Waals surface area contributed by atoms with Crippen molar-refractivity contribution >= 4 is 29.2 Å². The van der Waals surface area contributed by atoms with Gasteiger partial charge in [0.15, 0.2) is 0 Å². The summed E-state index contributed by atoms with van der Waals surface area (Å²) in [5, 5.41) is 3.73. The maximum atomic E-state index is 13.4. The summed E-state index contributed by atoms with van der Waals surface area (Å²) >= 11 is 0. The van der Waals surface area contributed by atoms with Crippen LogP contribution in [0.1, 0.15) is 71.9 Å². The molecular formula is C28H31N3O4. The molecule has 0 saturated carbocycles. The number of nitrogens with one attached hydrogen (secondary N) is 1. The van der Waals surface area contributed by atoms with Gasteiger partial charge in [-0.1, -0.05) is 12.5 Å². The van der Waals surface area contributed by atoms with Gasteiger partial charge in [-0.2, -0.15) is 0 Å². The van der Waals surface area contributed by atoms with Crippen LogP contribution in [0.3, 0.4) is 0 Å². The number of aldehydes is 1. The van der Waals surface area contributed by atoms with Crippen LogP contribution in [0.4, 0.5) is 4.79 Å². The number of carbonyl (C=O) groups excluding carboxylic acids is 3. The zero-order valence-corrected chi connectivity index (χ0v) is 20.5. The molecule has 5 rings (SSSR count). The molecule has 0 aliphatic carbocycles. The number of amides is 1. The molecule has 3 aromatic rings. The second-order valence-electron chi connectivity index (χ2n) is 10.5. The van der Waals surface area contributed by atoms with Gasteiger partial charge in [-0.05, 0) is 88.2 Å². The molecule has 2 aromatic carbocycles. The summed E-state index contributed by atoms with van der Waals surface area (Å²) in [5.41, 5.74) is 4.00. The lowest BCUT2D eigenvalue weighted by Gasteiger charge is -2.26. The summed E-state index contributed by atoms with van der Waals surface area (Å²) < 4.78 is 7.28. The van der Waals surface area contributed by atoms with Crippen LogP contribution in [0.25, 0.3) is 22.2 Å². The van der Waals surface area contributed by atoms with Crippen molar-refractivity contribution in [3.63, 3.8) is 0 Å². The third-order valence-electron chi connectivity index (χ3n) is 6.62. The first-order chi connectivity index (χ1) is 16.7. The molecule has 3 heterocycles. The van der Waals surface area contributed by atoms with Gasteiger partial charge in [0.1, 0.15) is 11.9 Å². The SMILES string of the molecule is CC(C)(C)OC(=O)n1c(-c2cc(C=O)cc3c2C(=O)NC3)cc2cc(CN3CCCCC3)ccc21. The predicted molar refractivity (Wildman–Crippen MR) is 135 cm³/mol. The fourth-order valence-electron chi connectivity index (χ4n) is 5.11. The van der Waals surface area contributed by atoms with E-state index in [0.29, 0.717) is 34.4 Å². The van der Waals surface area contributed by atoms with E-state index in [1.807, 2.05) is 32.9 Å². The van der Waals surface area contributed by atoms with Gasteiger partial charge in [0.05, 0.1) is 16.8 Å². The van der Waals surface area contributed by atoms with E-state index in [9.17, 15) is 14.4 Å². The normalized spacial score (nSPS) is 16.3. The van der Waals surface area contributed by atoms with E-state index in [-0.39, 0.29) is 5.91 Å². The van der Waals surface area contributed by atoms with E-state index in [4.69, 9.17) is 4.74 Å². The van der Waals surface area contributed by atoms with Crippen LogP contribution in [0, 0.1) is 0 Å². The number of ether oxygens (including phenoxy) is 1. The third kappa shape index (κ3) is 4.60. The van der Waals surface area contributed by atoms with Crippen molar-refractivity contribution in [3.8, 4) is 11.3 Å². The number of benzene rings is 2. The van der Waals surface area contributed by atoms with Gasteiger partial charge in [-0.3, -0.25) is 14.5 Å². The maximum Gasteiger partial charge on any atom is 0.419 e. The number of rotatable bonds is 4. The molecule has 0 radical (unpaired) electrons. The Kier molecular flexibility index (Phi) is 5.97. The van der Waals surface area contributed by atoms with E-state index >= 15 is 0 Å². The predicted octanol–water partition coefficient (Wildman–Crippen LogP) is 5.13. The quantitative estimate of drug-likeness (QED) is 0.531. The molecule has 2 aliphatic rings. The Morgan fingerprint density at radius 3 is 2.57 bits per heavy atom. The van der Waals surface area contributed by atoms with Crippen molar-refractivity contribution in [2.45, 2.75) is 58.7 Å². The van der Waals surface area contributed by atoms with Crippen molar-refractivity contribution < 1.29 is 19.1 Å². The summed E-state index contributed by atoms with van der Waals surface area (Å²) in [6.45, 7) is 8.89. The molecule has 1 aromatic heterocycles.